The minimum Gasteiger partial charge on any atom is -0.399 e. The highest BCUT2D eigenvalue weighted by Gasteiger charge is 2.10. The molecule has 124 valence electrons. The number of nitrogens with one attached hydrogen (secondary N) is 1. The summed E-state index contributed by atoms with van der Waals surface area (Å²) in [5.41, 5.74) is 22.8. The lowest BCUT2D eigenvalue weighted by Gasteiger charge is -2.10. The molecular formula is C12H21N10P. The van der Waals surface area contributed by atoms with Crippen LogP contribution in [0.3, 0.4) is 0 Å². The first-order valence-corrected chi connectivity index (χ1v) is 7.18. The van der Waals surface area contributed by atoms with Crippen molar-refractivity contribution in [1.82, 2.24) is 19.5 Å². The van der Waals surface area contributed by atoms with Crippen LogP contribution in [0.25, 0.3) is 0 Å². The van der Waals surface area contributed by atoms with Crippen LogP contribution < -0.4 is 34.3 Å². The molecule has 0 aliphatic rings. The Labute approximate surface area is 135 Å². The van der Waals surface area contributed by atoms with E-state index in [4.69, 9.17) is 28.9 Å². The van der Waals surface area contributed by atoms with Crippen LogP contribution in [0.15, 0.2) is 30.4 Å². The van der Waals surface area contributed by atoms with Crippen molar-refractivity contribution >= 4 is 26.7 Å². The van der Waals surface area contributed by atoms with Gasteiger partial charge in [0, 0.05) is 24.5 Å². The Kier molecular flexibility index (Phi) is 5.22. The number of allylic oxidation sites excluding steroid dienone is 1. The molecule has 0 aromatic carbocycles. The first-order valence-electron chi connectivity index (χ1n) is 6.66. The third-order valence-electron chi connectivity index (χ3n) is 3.04. The van der Waals surface area contributed by atoms with Crippen LogP contribution in [0.1, 0.15) is 11.1 Å². The molecule has 2 aromatic heterocycles. The van der Waals surface area contributed by atoms with Gasteiger partial charge in [-0.1, -0.05) is 0 Å². The molecule has 1 unspecified atom stereocenters. The lowest BCUT2D eigenvalue weighted by Crippen LogP contribution is -2.17. The number of rotatable bonds is 6. The number of anilines is 3. The van der Waals surface area contributed by atoms with E-state index < -0.39 is 0 Å². The number of nitrogen functional groups attached to an aromatic ring is 3. The first kappa shape index (κ1) is 16.8. The number of nitrogens with two attached hydrogens (primary N) is 5. The Morgan fingerprint density at radius 3 is 2.83 bits per heavy atom. The quantitative estimate of drug-likeness (QED) is 0.221. The van der Waals surface area contributed by atoms with Crippen LogP contribution in [-0.2, 0) is 13.0 Å². The first-order chi connectivity index (χ1) is 10.9. The average molecular weight is 336 g/mol. The molecule has 11 heteroatoms. The van der Waals surface area contributed by atoms with Gasteiger partial charge in [-0.3, -0.25) is 4.68 Å². The van der Waals surface area contributed by atoms with Crippen LogP contribution in [0.5, 0.6) is 0 Å². The summed E-state index contributed by atoms with van der Waals surface area (Å²) in [7, 11) is 2.29. The van der Waals surface area contributed by atoms with E-state index in [1.807, 2.05) is 6.20 Å². The zero-order valence-electron chi connectivity index (χ0n) is 12.5. The van der Waals surface area contributed by atoms with E-state index in [-0.39, 0.29) is 0 Å². The maximum absolute atomic E-state index is 6.01. The Morgan fingerprint density at radius 1 is 1.43 bits per heavy atom. The summed E-state index contributed by atoms with van der Waals surface area (Å²) in [5.74, 6) is 11.5. The number of nitrogens with zero attached hydrogens (tertiary/aromatic N) is 4. The van der Waals surface area contributed by atoms with Gasteiger partial charge in [0.1, 0.15) is 5.82 Å². The average Bonchev–Trinajstić information content (AvgIpc) is 2.88. The number of pyridine rings is 1. The molecule has 0 aliphatic carbocycles. The summed E-state index contributed by atoms with van der Waals surface area (Å²) in [5, 5.41) is 4.26. The highest BCUT2D eigenvalue weighted by molar-refractivity contribution is 7.13. The summed E-state index contributed by atoms with van der Waals surface area (Å²) < 4.78 is 3.01. The van der Waals surface area contributed by atoms with Crippen LogP contribution in [-0.4, -0.2) is 19.5 Å². The molecule has 0 amide bonds. The maximum Gasteiger partial charge on any atom is 0.165 e. The monoisotopic (exact) mass is 336 g/mol. The van der Waals surface area contributed by atoms with Gasteiger partial charge in [0.15, 0.2) is 5.82 Å². The van der Waals surface area contributed by atoms with Crippen LogP contribution in [0.2, 0.25) is 0 Å². The molecule has 2 rings (SSSR count). The Bertz CT molecular complexity index is 708. The van der Waals surface area contributed by atoms with Gasteiger partial charge in [-0.15, -0.1) is 0 Å². The van der Waals surface area contributed by atoms with E-state index in [0.717, 1.165) is 11.1 Å². The number of hydrazine groups is 2. The number of hydrogen-bond donors (Lipinski definition) is 6. The summed E-state index contributed by atoms with van der Waals surface area (Å²) in [6, 6.07) is 1.71. The summed E-state index contributed by atoms with van der Waals surface area (Å²) in [4.78, 5) is 4.02. The second-order valence-electron chi connectivity index (χ2n) is 4.99. The zero-order valence-corrected chi connectivity index (χ0v) is 13.6. The fourth-order valence-corrected chi connectivity index (χ4v) is 2.30. The van der Waals surface area contributed by atoms with E-state index in [9.17, 15) is 0 Å². The van der Waals surface area contributed by atoms with Gasteiger partial charge in [-0.2, -0.15) is 5.10 Å². The molecule has 1 atom stereocenters. The molecule has 0 spiro atoms. The molecule has 11 N–H and O–H groups in total. The molecule has 0 aliphatic heterocycles. The predicted molar refractivity (Wildman–Crippen MR) is 93.9 cm³/mol. The van der Waals surface area contributed by atoms with Gasteiger partial charge in [0.2, 0.25) is 0 Å². The van der Waals surface area contributed by atoms with Gasteiger partial charge in [0.05, 0.1) is 18.4 Å². The SMILES string of the molecule is NNc1nc(N)cc(Cc2cnn(C/C(N)=C/N(N)P)c2)c1N. The van der Waals surface area contributed by atoms with Gasteiger partial charge in [-0.05, 0) is 26.6 Å². The van der Waals surface area contributed by atoms with Crippen molar-refractivity contribution in [3.05, 3.63) is 41.5 Å². The van der Waals surface area contributed by atoms with E-state index in [1.165, 1.54) is 4.78 Å². The van der Waals surface area contributed by atoms with Gasteiger partial charge in [0.25, 0.3) is 0 Å². The van der Waals surface area contributed by atoms with E-state index >= 15 is 0 Å². The molecule has 0 radical (unpaired) electrons. The molecule has 0 fully saturated rings. The van der Waals surface area contributed by atoms with Crippen LogP contribution in [0, 0.1) is 0 Å². The van der Waals surface area contributed by atoms with Crippen molar-refractivity contribution in [3.63, 3.8) is 0 Å². The minimum absolute atomic E-state index is 0.338. The van der Waals surface area contributed by atoms with E-state index in [1.54, 1.807) is 23.1 Å². The smallest absolute Gasteiger partial charge is 0.165 e. The normalized spacial score (nSPS) is 11.5. The summed E-state index contributed by atoms with van der Waals surface area (Å²) in [6.45, 7) is 0.422. The van der Waals surface area contributed by atoms with Crippen molar-refractivity contribution in [2.75, 3.05) is 16.9 Å². The second-order valence-corrected chi connectivity index (χ2v) is 5.58. The highest BCUT2D eigenvalue weighted by atomic mass is 31.0. The number of hydrogen-bond acceptors (Lipinski definition) is 9. The standard InChI is InChI=1S/C12H21N10P/c13-9(6-22(17)23)5-21-4-7(3-18-21)1-8-2-10(14)19-12(20-16)11(8)15/h2-4,6H,1,5,13,15-17,23H2,(H3,14,19,20)/b9-6-. The van der Waals surface area contributed by atoms with Crippen molar-refractivity contribution in [2.24, 2.45) is 17.4 Å². The molecular weight excluding hydrogens is 315 g/mol. The van der Waals surface area contributed by atoms with Crippen molar-refractivity contribution in [2.45, 2.75) is 13.0 Å². The molecule has 0 saturated carbocycles. The van der Waals surface area contributed by atoms with Crippen molar-refractivity contribution < 1.29 is 0 Å². The van der Waals surface area contributed by atoms with E-state index in [0.29, 0.717) is 36.0 Å². The van der Waals surface area contributed by atoms with Crippen molar-refractivity contribution in [3.8, 4) is 0 Å². The van der Waals surface area contributed by atoms with Gasteiger partial charge in [-0.25, -0.2) is 16.7 Å². The summed E-state index contributed by atoms with van der Waals surface area (Å²) >= 11 is 0. The maximum atomic E-state index is 6.01. The Hall–Kier alpha value is -2.55. The topological polar surface area (TPSA) is 176 Å². The third-order valence-corrected chi connectivity index (χ3v) is 3.19. The second kappa shape index (κ2) is 7.14. The van der Waals surface area contributed by atoms with Gasteiger partial charge < -0.3 is 27.4 Å². The fourth-order valence-electron chi connectivity index (χ4n) is 2.11. The fraction of sp³-hybridized carbons (Fsp3) is 0.167. The lowest BCUT2D eigenvalue weighted by molar-refractivity contribution is 0.624. The van der Waals surface area contributed by atoms with Crippen molar-refractivity contribution in [1.29, 1.82) is 0 Å². The molecule has 0 saturated heterocycles. The number of aromatic nitrogens is 3. The zero-order chi connectivity index (χ0) is 17.0. The molecule has 0 bridgehead atoms. The lowest BCUT2D eigenvalue weighted by atomic mass is 10.1. The predicted octanol–water partition coefficient (Wildman–Crippen LogP) is -0.915. The molecule has 23 heavy (non-hydrogen) atoms. The van der Waals surface area contributed by atoms with Crippen LogP contribution in [0.4, 0.5) is 17.3 Å². The third kappa shape index (κ3) is 4.46. The molecule has 2 aromatic rings. The van der Waals surface area contributed by atoms with E-state index in [2.05, 4.69) is 24.9 Å². The van der Waals surface area contributed by atoms with Crippen LogP contribution >= 0.6 is 9.39 Å². The Morgan fingerprint density at radius 2 is 2.17 bits per heavy atom. The Balaban J connectivity index is 2.15. The summed E-state index contributed by atoms with van der Waals surface area (Å²) in [6.07, 6.45) is 5.74. The highest BCUT2D eigenvalue weighted by Crippen LogP contribution is 2.24. The minimum atomic E-state index is 0.338. The van der Waals surface area contributed by atoms with Gasteiger partial charge >= 0.3 is 0 Å². The largest absolute Gasteiger partial charge is 0.399 e. The molecule has 2 heterocycles. The molecule has 10 nitrogen and oxygen atoms in total.